The maximum absolute atomic E-state index is 5.67. The van der Waals surface area contributed by atoms with Crippen molar-refractivity contribution in [2.45, 2.75) is 13.0 Å². The van der Waals surface area contributed by atoms with Crippen LogP contribution in [0.1, 0.15) is 18.6 Å². The Balaban J connectivity index is 2.11. The molecule has 0 N–H and O–H groups in total. The van der Waals surface area contributed by atoms with Crippen LogP contribution in [-0.2, 0) is 0 Å². The highest BCUT2D eigenvalue weighted by Gasteiger charge is 2.07. The third-order valence-corrected chi connectivity index (χ3v) is 2.35. The molecule has 16 heavy (non-hydrogen) atoms. The highest BCUT2D eigenvalue weighted by atomic mass is 35.5. The van der Waals surface area contributed by atoms with Gasteiger partial charge in [0.15, 0.2) is 0 Å². The molecule has 0 aliphatic carbocycles. The largest absolute Gasteiger partial charge is 0.470 e. The third-order valence-electron chi connectivity index (χ3n) is 2.17. The molecule has 3 nitrogen and oxygen atoms in total. The first-order chi connectivity index (χ1) is 7.75. The van der Waals surface area contributed by atoms with Crippen molar-refractivity contribution < 1.29 is 4.74 Å². The van der Waals surface area contributed by atoms with E-state index in [9.17, 15) is 0 Å². The topological polar surface area (TPSA) is 35.0 Å². The summed E-state index contributed by atoms with van der Waals surface area (Å²) in [5.74, 6) is 0.483. The first-order valence-corrected chi connectivity index (χ1v) is 5.33. The highest BCUT2D eigenvalue weighted by molar-refractivity contribution is 6.28. The first kappa shape index (κ1) is 10.9. The van der Waals surface area contributed by atoms with Crippen LogP contribution in [0.25, 0.3) is 0 Å². The van der Waals surface area contributed by atoms with Crippen molar-refractivity contribution in [3.8, 4) is 5.88 Å². The lowest BCUT2D eigenvalue weighted by molar-refractivity contribution is 0.217. The number of halogens is 1. The van der Waals surface area contributed by atoms with Crippen molar-refractivity contribution in [1.82, 2.24) is 9.97 Å². The number of ether oxygens (including phenoxy) is 1. The van der Waals surface area contributed by atoms with Gasteiger partial charge in [-0.25, -0.2) is 4.98 Å². The van der Waals surface area contributed by atoms with Gasteiger partial charge in [-0.2, -0.15) is 4.98 Å². The molecule has 1 unspecified atom stereocenters. The van der Waals surface area contributed by atoms with E-state index in [4.69, 9.17) is 16.3 Å². The molecule has 0 aliphatic rings. The van der Waals surface area contributed by atoms with Crippen LogP contribution in [0.5, 0.6) is 5.88 Å². The van der Waals surface area contributed by atoms with E-state index >= 15 is 0 Å². The summed E-state index contributed by atoms with van der Waals surface area (Å²) in [6, 6.07) is 11.6. The Labute approximate surface area is 99.1 Å². The van der Waals surface area contributed by atoms with Crippen LogP contribution in [0, 0.1) is 0 Å². The second-order valence-electron chi connectivity index (χ2n) is 3.33. The molecule has 0 aliphatic heterocycles. The molecule has 1 aromatic heterocycles. The van der Waals surface area contributed by atoms with E-state index in [1.165, 1.54) is 0 Å². The Bertz CT molecular complexity index is 462. The van der Waals surface area contributed by atoms with E-state index in [0.29, 0.717) is 5.88 Å². The Kier molecular flexibility index (Phi) is 3.37. The van der Waals surface area contributed by atoms with Crippen molar-refractivity contribution in [1.29, 1.82) is 0 Å². The summed E-state index contributed by atoms with van der Waals surface area (Å²) < 4.78 is 5.65. The number of hydrogen-bond acceptors (Lipinski definition) is 3. The van der Waals surface area contributed by atoms with Gasteiger partial charge in [0.05, 0.1) is 0 Å². The monoisotopic (exact) mass is 234 g/mol. The second-order valence-corrected chi connectivity index (χ2v) is 3.67. The van der Waals surface area contributed by atoms with Gasteiger partial charge in [-0.15, -0.1) is 0 Å². The molecule has 0 bridgehead atoms. The van der Waals surface area contributed by atoms with Gasteiger partial charge in [-0.3, -0.25) is 0 Å². The van der Waals surface area contributed by atoms with Crippen LogP contribution in [0.15, 0.2) is 42.6 Å². The molecule has 1 heterocycles. The SMILES string of the molecule is CC(Oc1ccnc(Cl)n1)c1ccccc1. The fraction of sp³-hybridized carbons (Fsp3) is 0.167. The molecule has 1 aromatic carbocycles. The quantitative estimate of drug-likeness (QED) is 0.765. The molecule has 0 saturated carbocycles. The van der Waals surface area contributed by atoms with Gasteiger partial charge in [0.1, 0.15) is 6.10 Å². The van der Waals surface area contributed by atoms with Crippen molar-refractivity contribution in [3.05, 3.63) is 53.4 Å². The summed E-state index contributed by atoms with van der Waals surface area (Å²) >= 11 is 5.67. The summed E-state index contributed by atoms with van der Waals surface area (Å²) in [6.45, 7) is 1.96. The average Bonchev–Trinajstić information content (AvgIpc) is 2.30. The average molecular weight is 235 g/mol. The van der Waals surface area contributed by atoms with E-state index in [-0.39, 0.29) is 11.4 Å². The minimum absolute atomic E-state index is 0.0628. The fourth-order valence-electron chi connectivity index (χ4n) is 1.36. The normalized spacial score (nSPS) is 12.1. The van der Waals surface area contributed by atoms with Gasteiger partial charge in [0, 0.05) is 12.3 Å². The molecule has 0 spiro atoms. The van der Waals surface area contributed by atoms with Gasteiger partial charge in [0.25, 0.3) is 0 Å². The molecule has 2 aromatic rings. The second kappa shape index (κ2) is 4.94. The zero-order chi connectivity index (χ0) is 11.4. The van der Waals surface area contributed by atoms with Gasteiger partial charge in [-0.05, 0) is 24.1 Å². The molecule has 82 valence electrons. The van der Waals surface area contributed by atoms with E-state index in [0.717, 1.165) is 5.56 Å². The van der Waals surface area contributed by atoms with Crippen LogP contribution >= 0.6 is 11.6 Å². The Morgan fingerprint density at radius 2 is 1.94 bits per heavy atom. The van der Waals surface area contributed by atoms with Gasteiger partial charge < -0.3 is 4.74 Å². The zero-order valence-electron chi connectivity index (χ0n) is 8.80. The molecule has 0 amide bonds. The zero-order valence-corrected chi connectivity index (χ0v) is 9.56. The van der Waals surface area contributed by atoms with E-state index in [1.54, 1.807) is 12.3 Å². The van der Waals surface area contributed by atoms with Crippen LogP contribution in [0.2, 0.25) is 5.28 Å². The highest BCUT2D eigenvalue weighted by Crippen LogP contribution is 2.19. The van der Waals surface area contributed by atoms with Gasteiger partial charge in [-0.1, -0.05) is 30.3 Å². The standard InChI is InChI=1S/C12H11ClN2O/c1-9(10-5-3-2-4-6-10)16-11-7-8-14-12(13)15-11/h2-9H,1H3. The minimum Gasteiger partial charge on any atom is -0.470 e. The molecule has 4 heteroatoms. The summed E-state index contributed by atoms with van der Waals surface area (Å²) in [4.78, 5) is 7.76. The Hall–Kier alpha value is -1.61. The number of benzene rings is 1. The maximum atomic E-state index is 5.67. The van der Waals surface area contributed by atoms with Crippen molar-refractivity contribution in [2.24, 2.45) is 0 Å². The third kappa shape index (κ3) is 2.70. The predicted molar refractivity (Wildman–Crippen MR) is 62.5 cm³/mol. The predicted octanol–water partition coefficient (Wildman–Crippen LogP) is 3.27. The number of hydrogen-bond donors (Lipinski definition) is 0. The molecular weight excluding hydrogens is 224 g/mol. The van der Waals surface area contributed by atoms with Gasteiger partial charge in [0.2, 0.25) is 11.2 Å². The summed E-state index contributed by atoms with van der Waals surface area (Å²) in [7, 11) is 0. The lowest BCUT2D eigenvalue weighted by atomic mass is 10.1. The molecule has 2 rings (SSSR count). The van der Waals surface area contributed by atoms with Crippen LogP contribution in [0.4, 0.5) is 0 Å². The van der Waals surface area contributed by atoms with Crippen LogP contribution in [-0.4, -0.2) is 9.97 Å². The molecule has 0 saturated heterocycles. The van der Waals surface area contributed by atoms with E-state index < -0.39 is 0 Å². The van der Waals surface area contributed by atoms with Crippen molar-refractivity contribution >= 4 is 11.6 Å². The number of nitrogens with zero attached hydrogens (tertiary/aromatic N) is 2. The molecule has 0 radical (unpaired) electrons. The van der Waals surface area contributed by atoms with E-state index in [2.05, 4.69) is 9.97 Å². The summed E-state index contributed by atoms with van der Waals surface area (Å²) in [5, 5.41) is 0.192. The first-order valence-electron chi connectivity index (χ1n) is 4.96. The minimum atomic E-state index is -0.0628. The lowest BCUT2D eigenvalue weighted by Crippen LogP contribution is -2.04. The summed E-state index contributed by atoms with van der Waals surface area (Å²) in [5.41, 5.74) is 1.09. The summed E-state index contributed by atoms with van der Waals surface area (Å²) in [6.07, 6.45) is 1.51. The molecule has 0 fully saturated rings. The van der Waals surface area contributed by atoms with Crippen LogP contribution < -0.4 is 4.74 Å². The molecular formula is C12H11ClN2O. The van der Waals surface area contributed by atoms with E-state index in [1.807, 2.05) is 37.3 Å². The Morgan fingerprint density at radius 1 is 1.19 bits per heavy atom. The molecule has 1 atom stereocenters. The Morgan fingerprint density at radius 3 is 2.62 bits per heavy atom. The maximum Gasteiger partial charge on any atom is 0.225 e. The van der Waals surface area contributed by atoms with Gasteiger partial charge >= 0.3 is 0 Å². The van der Waals surface area contributed by atoms with Crippen molar-refractivity contribution in [2.75, 3.05) is 0 Å². The number of aromatic nitrogens is 2. The lowest BCUT2D eigenvalue weighted by Gasteiger charge is -2.13. The van der Waals surface area contributed by atoms with Crippen LogP contribution in [0.3, 0.4) is 0 Å². The fourth-order valence-corrected chi connectivity index (χ4v) is 1.50. The smallest absolute Gasteiger partial charge is 0.225 e. The van der Waals surface area contributed by atoms with Crippen molar-refractivity contribution in [3.63, 3.8) is 0 Å². The number of rotatable bonds is 3.